The number of rotatable bonds is 7. The van der Waals surface area contributed by atoms with E-state index in [0.29, 0.717) is 12.2 Å². The van der Waals surface area contributed by atoms with Crippen molar-refractivity contribution < 1.29 is 4.79 Å². The Kier molecular flexibility index (Phi) is 4.54. The van der Waals surface area contributed by atoms with Crippen LogP contribution in [-0.4, -0.2) is 31.8 Å². The molecule has 2 rings (SSSR count). The summed E-state index contributed by atoms with van der Waals surface area (Å²) in [5, 5.41) is 6.81. The minimum absolute atomic E-state index is 0.0502. The van der Waals surface area contributed by atoms with E-state index in [1.807, 2.05) is 10.8 Å². The number of hydrogen-bond acceptors (Lipinski definition) is 4. The minimum Gasteiger partial charge on any atom is -0.396 e. The number of unbranched alkanes of at least 4 members (excludes halogenated alkanes) is 1. The van der Waals surface area contributed by atoms with Gasteiger partial charge in [0, 0.05) is 31.7 Å². The fourth-order valence-electron chi connectivity index (χ4n) is 1.74. The van der Waals surface area contributed by atoms with E-state index in [2.05, 4.69) is 15.4 Å². The largest absolute Gasteiger partial charge is 0.396 e. The molecule has 0 aromatic carbocycles. The molecule has 19 heavy (non-hydrogen) atoms. The fourth-order valence-corrected chi connectivity index (χ4v) is 1.74. The Balaban J connectivity index is 1.56. The van der Waals surface area contributed by atoms with Crippen LogP contribution in [-0.2, 0) is 17.9 Å². The molecule has 2 aromatic rings. The lowest BCUT2D eigenvalue weighted by molar-refractivity contribution is -0.121. The van der Waals surface area contributed by atoms with Crippen LogP contribution in [0.25, 0.3) is 0 Å². The number of carbonyl (C=O) groups is 1. The third kappa shape index (κ3) is 4.46. The number of hydrogen-bond donors (Lipinski definition) is 2. The zero-order chi connectivity index (χ0) is 13.5. The smallest absolute Gasteiger partial charge is 0.241 e. The standard InChI is InChI=1S/C12H18N6O/c13-11-7-16-18(8-11)9-12(19)15-3-1-2-5-17-6-4-14-10-17/h4,6-8,10H,1-3,5,9,13H2,(H,15,19). The van der Waals surface area contributed by atoms with Crippen LogP contribution in [0.4, 0.5) is 5.69 Å². The molecule has 0 spiro atoms. The lowest BCUT2D eigenvalue weighted by Gasteiger charge is -2.05. The molecule has 0 atom stereocenters. The first-order valence-electron chi connectivity index (χ1n) is 6.24. The molecular formula is C12H18N6O. The number of imidazole rings is 1. The number of nitrogens with two attached hydrogens (primary N) is 1. The number of aryl methyl sites for hydroxylation is 1. The Morgan fingerprint density at radius 3 is 3.00 bits per heavy atom. The second kappa shape index (κ2) is 6.58. The molecule has 2 aromatic heterocycles. The van der Waals surface area contributed by atoms with E-state index < -0.39 is 0 Å². The molecule has 7 nitrogen and oxygen atoms in total. The second-order valence-corrected chi connectivity index (χ2v) is 4.33. The van der Waals surface area contributed by atoms with Crippen LogP contribution in [0.1, 0.15) is 12.8 Å². The molecule has 0 aliphatic rings. The van der Waals surface area contributed by atoms with E-state index in [0.717, 1.165) is 19.4 Å². The number of anilines is 1. The van der Waals surface area contributed by atoms with E-state index in [9.17, 15) is 4.79 Å². The molecule has 0 unspecified atom stereocenters. The molecule has 102 valence electrons. The summed E-state index contributed by atoms with van der Waals surface area (Å²) in [5.41, 5.74) is 6.08. The number of nitrogens with one attached hydrogen (secondary N) is 1. The van der Waals surface area contributed by atoms with E-state index in [-0.39, 0.29) is 12.5 Å². The van der Waals surface area contributed by atoms with Crippen molar-refractivity contribution in [3.63, 3.8) is 0 Å². The van der Waals surface area contributed by atoms with Crippen LogP contribution in [0.2, 0.25) is 0 Å². The lowest BCUT2D eigenvalue weighted by atomic mass is 10.3. The Morgan fingerprint density at radius 2 is 2.32 bits per heavy atom. The van der Waals surface area contributed by atoms with Gasteiger partial charge in [-0.05, 0) is 12.8 Å². The maximum absolute atomic E-state index is 11.6. The van der Waals surface area contributed by atoms with Gasteiger partial charge in [0.2, 0.25) is 5.91 Å². The molecule has 0 aliphatic heterocycles. The van der Waals surface area contributed by atoms with Gasteiger partial charge < -0.3 is 15.6 Å². The topological polar surface area (TPSA) is 90.8 Å². The van der Waals surface area contributed by atoms with Gasteiger partial charge in [0.05, 0.1) is 18.2 Å². The van der Waals surface area contributed by atoms with Gasteiger partial charge in [0.15, 0.2) is 0 Å². The zero-order valence-electron chi connectivity index (χ0n) is 10.7. The SMILES string of the molecule is Nc1cnn(CC(=O)NCCCCn2ccnc2)c1. The van der Waals surface area contributed by atoms with Crippen LogP contribution in [0, 0.1) is 0 Å². The van der Waals surface area contributed by atoms with Crippen LogP contribution in [0.3, 0.4) is 0 Å². The normalized spacial score (nSPS) is 10.5. The summed E-state index contributed by atoms with van der Waals surface area (Å²) in [6.45, 7) is 1.80. The summed E-state index contributed by atoms with van der Waals surface area (Å²) in [5.74, 6) is -0.0502. The van der Waals surface area contributed by atoms with Crippen molar-refractivity contribution in [1.82, 2.24) is 24.6 Å². The van der Waals surface area contributed by atoms with E-state index in [1.54, 1.807) is 18.7 Å². The Bertz CT molecular complexity index is 504. The number of nitrogens with zero attached hydrogens (tertiary/aromatic N) is 4. The average molecular weight is 262 g/mol. The van der Waals surface area contributed by atoms with Gasteiger partial charge in [-0.2, -0.15) is 5.10 Å². The third-order valence-corrected chi connectivity index (χ3v) is 2.68. The Hall–Kier alpha value is -2.31. The highest BCUT2D eigenvalue weighted by atomic mass is 16.2. The summed E-state index contributed by atoms with van der Waals surface area (Å²) >= 11 is 0. The first-order chi connectivity index (χ1) is 9.24. The molecular weight excluding hydrogens is 244 g/mol. The molecule has 3 N–H and O–H groups in total. The molecule has 0 radical (unpaired) electrons. The molecule has 7 heteroatoms. The molecule has 2 heterocycles. The van der Waals surface area contributed by atoms with E-state index in [4.69, 9.17) is 5.73 Å². The van der Waals surface area contributed by atoms with Gasteiger partial charge in [0.25, 0.3) is 0 Å². The summed E-state index contributed by atoms with van der Waals surface area (Å²) in [6.07, 6.45) is 10.6. The second-order valence-electron chi connectivity index (χ2n) is 4.33. The van der Waals surface area contributed by atoms with Crippen LogP contribution in [0.15, 0.2) is 31.1 Å². The van der Waals surface area contributed by atoms with Crippen LogP contribution >= 0.6 is 0 Å². The van der Waals surface area contributed by atoms with Crippen molar-refractivity contribution in [2.24, 2.45) is 0 Å². The quantitative estimate of drug-likeness (QED) is 0.700. The molecule has 0 fully saturated rings. The van der Waals surface area contributed by atoms with Crippen molar-refractivity contribution in [3.8, 4) is 0 Å². The van der Waals surface area contributed by atoms with Crippen molar-refractivity contribution in [2.45, 2.75) is 25.9 Å². The van der Waals surface area contributed by atoms with Crippen molar-refractivity contribution in [2.75, 3.05) is 12.3 Å². The first kappa shape index (κ1) is 13.1. The highest BCUT2D eigenvalue weighted by molar-refractivity contribution is 5.75. The number of nitrogen functional groups attached to an aromatic ring is 1. The average Bonchev–Trinajstić information content (AvgIpc) is 3.01. The van der Waals surface area contributed by atoms with Crippen molar-refractivity contribution in [1.29, 1.82) is 0 Å². The van der Waals surface area contributed by atoms with Gasteiger partial charge in [-0.3, -0.25) is 9.48 Å². The van der Waals surface area contributed by atoms with Crippen molar-refractivity contribution >= 4 is 11.6 Å². The van der Waals surface area contributed by atoms with Gasteiger partial charge in [-0.15, -0.1) is 0 Å². The Morgan fingerprint density at radius 1 is 1.42 bits per heavy atom. The number of aromatic nitrogens is 4. The third-order valence-electron chi connectivity index (χ3n) is 2.68. The van der Waals surface area contributed by atoms with Crippen molar-refractivity contribution in [3.05, 3.63) is 31.1 Å². The summed E-state index contributed by atoms with van der Waals surface area (Å²) in [4.78, 5) is 15.6. The molecule has 0 saturated heterocycles. The summed E-state index contributed by atoms with van der Waals surface area (Å²) in [6, 6.07) is 0. The minimum atomic E-state index is -0.0502. The molecule has 0 bridgehead atoms. The van der Waals surface area contributed by atoms with Gasteiger partial charge >= 0.3 is 0 Å². The molecule has 1 amide bonds. The van der Waals surface area contributed by atoms with Gasteiger partial charge in [-0.25, -0.2) is 4.98 Å². The van der Waals surface area contributed by atoms with E-state index in [1.165, 1.54) is 10.9 Å². The molecule has 0 saturated carbocycles. The monoisotopic (exact) mass is 262 g/mol. The predicted molar refractivity (Wildman–Crippen MR) is 71.1 cm³/mol. The van der Waals surface area contributed by atoms with Crippen LogP contribution in [0.5, 0.6) is 0 Å². The number of carbonyl (C=O) groups excluding carboxylic acids is 1. The van der Waals surface area contributed by atoms with Gasteiger partial charge in [0.1, 0.15) is 6.54 Å². The highest BCUT2D eigenvalue weighted by Crippen LogP contribution is 1.97. The first-order valence-corrected chi connectivity index (χ1v) is 6.24. The predicted octanol–water partition coefficient (Wildman–Crippen LogP) is 0.258. The summed E-state index contributed by atoms with van der Waals surface area (Å²) < 4.78 is 3.55. The highest BCUT2D eigenvalue weighted by Gasteiger charge is 2.02. The lowest BCUT2D eigenvalue weighted by Crippen LogP contribution is -2.28. The van der Waals surface area contributed by atoms with E-state index >= 15 is 0 Å². The fraction of sp³-hybridized carbons (Fsp3) is 0.417. The Labute approximate surface area is 111 Å². The van der Waals surface area contributed by atoms with Crippen LogP contribution < -0.4 is 11.1 Å². The van der Waals surface area contributed by atoms with Gasteiger partial charge in [-0.1, -0.05) is 0 Å². The maximum atomic E-state index is 11.6. The summed E-state index contributed by atoms with van der Waals surface area (Å²) in [7, 11) is 0. The zero-order valence-corrected chi connectivity index (χ0v) is 10.7. The number of amides is 1. The molecule has 0 aliphatic carbocycles. The maximum Gasteiger partial charge on any atom is 0.241 e.